The van der Waals surface area contributed by atoms with Crippen LogP contribution < -0.4 is 15.7 Å². The van der Waals surface area contributed by atoms with Crippen molar-refractivity contribution in [3.05, 3.63) is 62.6 Å². The highest BCUT2D eigenvalue weighted by atomic mass is 16.6. The Hall–Kier alpha value is -3.29. The van der Waals surface area contributed by atoms with E-state index in [1.807, 2.05) is 18.2 Å². The number of aromatic amines is 2. The number of ether oxygens (including phenoxy) is 1. The molecule has 0 radical (unpaired) electrons. The Kier molecular flexibility index (Phi) is 4.19. The van der Waals surface area contributed by atoms with Gasteiger partial charge in [-0.05, 0) is 30.7 Å². The predicted octanol–water partition coefficient (Wildman–Crippen LogP) is 2.78. The van der Waals surface area contributed by atoms with Gasteiger partial charge in [0.05, 0.1) is 22.6 Å². The number of anilines is 1. The number of H-pyrrole nitrogens is 2. The van der Waals surface area contributed by atoms with Crippen molar-refractivity contribution in [2.45, 2.75) is 13.5 Å². The van der Waals surface area contributed by atoms with Crippen LogP contribution in [-0.4, -0.2) is 21.5 Å². The molecule has 24 heavy (non-hydrogen) atoms. The van der Waals surface area contributed by atoms with Gasteiger partial charge in [-0.2, -0.15) is 0 Å². The number of hydrogen-bond acceptors (Lipinski definition) is 5. The number of nitro groups is 1. The third-order valence-electron chi connectivity index (χ3n) is 3.53. The zero-order chi connectivity index (χ0) is 17.1. The predicted molar refractivity (Wildman–Crippen MR) is 90.5 cm³/mol. The zero-order valence-corrected chi connectivity index (χ0v) is 13.0. The molecule has 0 unspecified atom stereocenters. The van der Waals surface area contributed by atoms with Crippen LogP contribution >= 0.6 is 0 Å². The van der Waals surface area contributed by atoms with Crippen LogP contribution in [0.5, 0.6) is 5.75 Å². The van der Waals surface area contributed by atoms with E-state index in [1.54, 1.807) is 19.1 Å². The Morgan fingerprint density at radius 1 is 1.17 bits per heavy atom. The van der Waals surface area contributed by atoms with Gasteiger partial charge in [-0.1, -0.05) is 6.07 Å². The minimum absolute atomic E-state index is 0.0614. The highest BCUT2D eigenvalue weighted by Crippen LogP contribution is 2.30. The van der Waals surface area contributed by atoms with E-state index < -0.39 is 4.92 Å². The van der Waals surface area contributed by atoms with Gasteiger partial charge in [0, 0.05) is 24.4 Å². The van der Waals surface area contributed by atoms with E-state index in [9.17, 15) is 14.9 Å². The molecule has 0 fully saturated rings. The number of nitrogens with zero attached hydrogens (tertiary/aromatic N) is 1. The maximum Gasteiger partial charge on any atom is 0.323 e. The number of benzene rings is 2. The first-order valence-corrected chi connectivity index (χ1v) is 7.43. The van der Waals surface area contributed by atoms with E-state index in [1.165, 1.54) is 6.07 Å². The van der Waals surface area contributed by atoms with Gasteiger partial charge in [0.1, 0.15) is 0 Å². The molecule has 0 saturated heterocycles. The van der Waals surface area contributed by atoms with Crippen LogP contribution in [0, 0.1) is 10.1 Å². The number of aromatic nitrogens is 2. The Morgan fingerprint density at radius 3 is 2.71 bits per heavy atom. The summed E-state index contributed by atoms with van der Waals surface area (Å²) >= 11 is 0. The van der Waals surface area contributed by atoms with Gasteiger partial charge in [-0.25, -0.2) is 4.79 Å². The fourth-order valence-corrected chi connectivity index (χ4v) is 2.44. The monoisotopic (exact) mass is 328 g/mol. The summed E-state index contributed by atoms with van der Waals surface area (Å²) < 4.78 is 5.33. The molecule has 0 aliphatic carbocycles. The average Bonchev–Trinajstić information content (AvgIpc) is 2.92. The minimum Gasteiger partial charge on any atom is -0.487 e. The first-order chi connectivity index (χ1) is 11.6. The van der Waals surface area contributed by atoms with Crippen LogP contribution in [0.4, 0.5) is 11.4 Å². The standard InChI is InChI=1S/C16H16N4O4/c1-2-24-15-8-11(4-6-14(15)20(22)23)17-9-10-3-5-12-13(7-10)19-16(21)18-12/h3-8,17H,2,9H2,1H3,(H2,18,19,21). The van der Waals surface area contributed by atoms with Gasteiger partial charge in [0.25, 0.3) is 0 Å². The summed E-state index contributed by atoms with van der Waals surface area (Å²) in [4.78, 5) is 27.2. The lowest BCUT2D eigenvalue weighted by atomic mass is 10.2. The first-order valence-electron chi connectivity index (χ1n) is 7.43. The third-order valence-corrected chi connectivity index (χ3v) is 3.53. The highest BCUT2D eigenvalue weighted by Gasteiger charge is 2.15. The molecule has 8 heteroatoms. The second kappa shape index (κ2) is 6.45. The van der Waals surface area contributed by atoms with Crippen molar-refractivity contribution < 1.29 is 9.66 Å². The summed E-state index contributed by atoms with van der Waals surface area (Å²) in [5, 5.41) is 14.2. The molecule has 3 N–H and O–H groups in total. The average molecular weight is 328 g/mol. The van der Waals surface area contributed by atoms with Crippen molar-refractivity contribution in [2.75, 3.05) is 11.9 Å². The Bertz CT molecular complexity index is 945. The summed E-state index contributed by atoms with van der Waals surface area (Å²) in [7, 11) is 0. The molecule has 3 rings (SSSR count). The lowest BCUT2D eigenvalue weighted by Crippen LogP contribution is -2.02. The van der Waals surface area contributed by atoms with Crippen LogP contribution in [0.2, 0.25) is 0 Å². The molecular formula is C16H16N4O4. The maximum atomic E-state index is 11.3. The molecule has 3 aromatic rings. The van der Waals surface area contributed by atoms with Crippen LogP contribution in [-0.2, 0) is 6.54 Å². The number of fused-ring (bicyclic) bond motifs is 1. The maximum absolute atomic E-state index is 11.3. The van der Waals surface area contributed by atoms with Gasteiger partial charge < -0.3 is 20.0 Å². The zero-order valence-electron chi connectivity index (χ0n) is 13.0. The summed E-state index contributed by atoms with van der Waals surface area (Å²) in [6, 6.07) is 10.3. The summed E-state index contributed by atoms with van der Waals surface area (Å²) in [6.07, 6.45) is 0. The number of rotatable bonds is 6. The summed E-state index contributed by atoms with van der Waals surface area (Å²) in [6.45, 7) is 2.63. The molecule has 0 saturated carbocycles. The second-order valence-corrected chi connectivity index (χ2v) is 5.19. The molecule has 0 spiro atoms. The molecule has 0 bridgehead atoms. The van der Waals surface area contributed by atoms with E-state index in [2.05, 4.69) is 15.3 Å². The normalized spacial score (nSPS) is 10.7. The van der Waals surface area contributed by atoms with E-state index in [-0.39, 0.29) is 17.1 Å². The van der Waals surface area contributed by atoms with Gasteiger partial charge in [0.2, 0.25) is 0 Å². The van der Waals surface area contributed by atoms with Crippen molar-refractivity contribution in [2.24, 2.45) is 0 Å². The SMILES string of the molecule is CCOc1cc(NCc2ccc3[nH]c(=O)[nH]c3c2)ccc1[N+](=O)[O-]. The van der Waals surface area contributed by atoms with E-state index in [0.29, 0.717) is 18.8 Å². The van der Waals surface area contributed by atoms with Crippen LogP contribution in [0.3, 0.4) is 0 Å². The third kappa shape index (κ3) is 3.22. The molecule has 0 aliphatic rings. The first kappa shape index (κ1) is 15.6. The molecule has 0 aliphatic heterocycles. The van der Waals surface area contributed by atoms with Crippen LogP contribution in [0.15, 0.2) is 41.2 Å². The van der Waals surface area contributed by atoms with Gasteiger partial charge >= 0.3 is 11.4 Å². The molecule has 124 valence electrons. The lowest BCUT2D eigenvalue weighted by Gasteiger charge is -2.09. The Labute approximate surface area is 136 Å². The molecule has 0 atom stereocenters. The quantitative estimate of drug-likeness (QED) is 0.475. The molecule has 1 aromatic heterocycles. The molecule has 1 heterocycles. The van der Waals surface area contributed by atoms with Crippen molar-refractivity contribution in [3.8, 4) is 5.75 Å². The lowest BCUT2D eigenvalue weighted by molar-refractivity contribution is -0.385. The summed E-state index contributed by atoms with van der Waals surface area (Å²) in [5.41, 5.74) is 2.86. The van der Waals surface area contributed by atoms with Gasteiger partial charge in [0.15, 0.2) is 5.75 Å². The van der Waals surface area contributed by atoms with Gasteiger partial charge in [-0.3, -0.25) is 10.1 Å². The number of hydrogen-bond donors (Lipinski definition) is 3. The van der Waals surface area contributed by atoms with Crippen LogP contribution in [0.25, 0.3) is 11.0 Å². The minimum atomic E-state index is -0.467. The van der Waals surface area contributed by atoms with E-state index >= 15 is 0 Å². The summed E-state index contributed by atoms with van der Waals surface area (Å²) in [5.74, 6) is 0.234. The topological polar surface area (TPSA) is 113 Å². The molecular weight excluding hydrogens is 312 g/mol. The second-order valence-electron chi connectivity index (χ2n) is 5.19. The fraction of sp³-hybridized carbons (Fsp3) is 0.188. The van der Waals surface area contributed by atoms with Gasteiger partial charge in [-0.15, -0.1) is 0 Å². The number of nitrogens with one attached hydrogen (secondary N) is 3. The van der Waals surface area contributed by atoms with Crippen molar-refractivity contribution in [1.29, 1.82) is 0 Å². The fourth-order valence-electron chi connectivity index (χ4n) is 2.44. The van der Waals surface area contributed by atoms with Crippen LogP contribution in [0.1, 0.15) is 12.5 Å². The van der Waals surface area contributed by atoms with Crippen molar-refractivity contribution >= 4 is 22.4 Å². The molecule has 2 aromatic carbocycles. The molecule has 8 nitrogen and oxygen atoms in total. The number of imidazole rings is 1. The molecule has 0 amide bonds. The number of nitro benzene ring substituents is 1. The largest absolute Gasteiger partial charge is 0.487 e. The Morgan fingerprint density at radius 2 is 1.96 bits per heavy atom. The Balaban J connectivity index is 1.78. The smallest absolute Gasteiger partial charge is 0.323 e. The highest BCUT2D eigenvalue weighted by molar-refractivity contribution is 5.75. The van der Waals surface area contributed by atoms with E-state index in [4.69, 9.17) is 4.74 Å². The van der Waals surface area contributed by atoms with E-state index in [0.717, 1.165) is 16.6 Å². The van der Waals surface area contributed by atoms with Crippen molar-refractivity contribution in [1.82, 2.24) is 9.97 Å². The van der Waals surface area contributed by atoms with Crippen molar-refractivity contribution in [3.63, 3.8) is 0 Å².